The molecule has 118 valence electrons. The average molecular weight is 288 g/mol. The smallest absolute Gasteiger partial charge is 0.320 e. The lowest BCUT2D eigenvalue weighted by atomic mass is 10.0. The van der Waals surface area contributed by atoms with Gasteiger partial charge in [-0.25, -0.2) is 0 Å². The predicted octanol–water partition coefficient (Wildman–Crippen LogP) is 1.07. The van der Waals surface area contributed by atoms with Crippen molar-refractivity contribution < 1.29 is 19.8 Å². The Labute approximate surface area is 121 Å². The minimum atomic E-state index is -0.895. The van der Waals surface area contributed by atoms with Crippen LogP contribution in [0.25, 0.3) is 0 Å². The largest absolute Gasteiger partial charge is 0.481 e. The fourth-order valence-electron chi connectivity index (χ4n) is 1.99. The summed E-state index contributed by atoms with van der Waals surface area (Å²) in [4.78, 5) is 26.2. The topological polar surface area (TPSA) is 81.1 Å². The van der Waals surface area contributed by atoms with Gasteiger partial charge in [-0.05, 0) is 26.4 Å². The summed E-state index contributed by atoms with van der Waals surface area (Å²) in [5.74, 6) is -2.10. The summed E-state index contributed by atoms with van der Waals surface area (Å²) < 4.78 is 0. The fraction of sp³-hybridized carbons (Fsp3) is 0.857. The van der Waals surface area contributed by atoms with Crippen LogP contribution in [0.2, 0.25) is 0 Å². The van der Waals surface area contributed by atoms with Crippen LogP contribution in [0.5, 0.6) is 0 Å². The fourth-order valence-corrected chi connectivity index (χ4v) is 1.99. The van der Waals surface area contributed by atoms with Crippen LogP contribution in [-0.4, -0.2) is 71.7 Å². The van der Waals surface area contributed by atoms with E-state index >= 15 is 0 Å². The number of carboxylic acid groups (broad SMARTS) is 2. The summed E-state index contributed by atoms with van der Waals surface area (Å²) in [7, 11) is 3.83. The van der Waals surface area contributed by atoms with Gasteiger partial charge < -0.3 is 15.1 Å². The molecular weight excluding hydrogens is 260 g/mol. The number of rotatable bonds is 10. The summed E-state index contributed by atoms with van der Waals surface area (Å²) in [6.45, 7) is 7.07. The van der Waals surface area contributed by atoms with Crippen molar-refractivity contribution in [1.29, 1.82) is 0 Å². The molecule has 0 aliphatic rings. The number of nitrogens with zero attached hydrogens (tertiary/aromatic N) is 2. The van der Waals surface area contributed by atoms with Gasteiger partial charge in [0.25, 0.3) is 0 Å². The Morgan fingerprint density at radius 1 is 1.00 bits per heavy atom. The molecule has 0 rings (SSSR count). The minimum Gasteiger partial charge on any atom is -0.481 e. The second kappa shape index (κ2) is 8.92. The summed E-state index contributed by atoms with van der Waals surface area (Å²) in [6, 6.07) is -0.628. The molecule has 0 aromatic rings. The molecule has 0 aromatic heterocycles. The normalized spacial score (nSPS) is 14.8. The zero-order valence-electron chi connectivity index (χ0n) is 13.2. The minimum absolute atomic E-state index is 0.248. The molecule has 2 N–H and O–H groups in total. The van der Waals surface area contributed by atoms with Gasteiger partial charge in [0.1, 0.15) is 6.04 Å². The molecule has 0 heterocycles. The van der Waals surface area contributed by atoms with Crippen molar-refractivity contribution in [2.75, 3.05) is 33.7 Å². The van der Waals surface area contributed by atoms with E-state index in [0.29, 0.717) is 19.5 Å². The van der Waals surface area contributed by atoms with Crippen molar-refractivity contribution in [3.8, 4) is 0 Å². The Balaban J connectivity index is 4.92. The summed E-state index contributed by atoms with van der Waals surface area (Å²) in [5, 5.41) is 18.4. The lowest BCUT2D eigenvalue weighted by Crippen LogP contribution is -2.47. The highest BCUT2D eigenvalue weighted by Crippen LogP contribution is 2.14. The van der Waals surface area contributed by atoms with Crippen molar-refractivity contribution >= 4 is 11.9 Å². The van der Waals surface area contributed by atoms with E-state index in [0.717, 1.165) is 0 Å². The first-order valence-corrected chi connectivity index (χ1v) is 6.99. The Hall–Kier alpha value is -1.14. The summed E-state index contributed by atoms with van der Waals surface area (Å²) in [5.41, 5.74) is 0. The van der Waals surface area contributed by atoms with Gasteiger partial charge in [0.15, 0.2) is 0 Å². The Kier molecular flexibility index (Phi) is 8.41. The monoisotopic (exact) mass is 288 g/mol. The molecule has 0 spiro atoms. The van der Waals surface area contributed by atoms with Gasteiger partial charge in [-0.2, -0.15) is 0 Å². The molecule has 0 saturated carbocycles. The zero-order valence-corrected chi connectivity index (χ0v) is 13.2. The third-order valence-corrected chi connectivity index (χ3v) is 3.18. The highest BCUT2D eigenvalue weighted by Gasteiger charge is 2.28. The van der Waals surface area contributed by atoms with E-state index in [1.807, 2.05) is 32.8 Å². The van der Waals surface area contributed by atoms with E-state index in [-0.39, 0.29) is 12.5 Å². The van der Waals surface area contributed by atoms with Crippen molar-refractivity contribution in [2.45, 2.75) is 33.2 Å². The van der Waals surface area contributed by atoms with Crippen LogP contribution < -0.4 is 0 Å². The maximum Gasteiger partial charge on any atom is 0.320 e. The van der Waals surface area contributed by atoms with E-state index in [1.54, 1.807) is 11.8 Å². The third-order valence-electron chi connectivity index (χ3n) is 3.18. The number of aliphatic carboxylic acids is 2. The molecule has 0 aliphatic carbocycles. The van der Waals surface area contributed by atoms with Crippen molar-refractivity contribution in [2.24, 2.45) is 11.8 Å². The SMILES string of the molecule is CC(C)CC(C(=O)O)N(CCN(C)C)CC(C)C(=O)O. The van der Waals surface area contributed by atoms with Gasteiger partial charge in [0.05, 0.1) is 5.92 Å². The van der Waals surface area contributed by atoms with E-state index in [4.69, 9.17) is 5.11 Å². The molecule has 2 unspecified atom stereocenters. The van der Waals surface area contributed by atoms with E-state index in [2.05, 4.69) is 0 Å². The standard InChI is InChI=1S/C14H28N2O4/c1-10(2)8-12(14(19)20)16(7-6-15(4)5)9-11(3)13(17)18/h10-12H,6-9H2,1-5H3,(H,17,18)(H,19,20). The summed E-state index contributed by atoms with van der Waals surface area (Å²) >= 11 is 0. The first-order valence-electron chi connectivity index (χ1n) is 6.99. The van der Waals surface area contributed by atoms with Crippen LogP contribution in [0.15, 0.2) is 0 Å². The lowest BCUT2D eigenvalue weighted by Gasteiger charge is -2.32. The Bertz CT molecular complexity index is 318. The Morgan fingerprint density at radius 2 is 1.55 bits per heavy atom. The molecule has 0 aliphatic heterocycles. The third kappa shape index (κ3) is 7.45. The van der Waals surface area contributed by atoms with E-state index < -0.39 is 23.9 Å². The van der Waals surface area contributed by atoms with Crippen LogP contribution in [0.1, 0.15) is 27.2 Å². The molecule has 0 aromatic carbocycles. The maximum atomic E-state index is 11.5. The van der Waals surface area contributed by atoms with Crippen molar-refractivity contribution in [1.82, 2.24) is 9.80 Å². The van der Waals surface area contributed by atoms with Gasteiger partial charge in [0.2, 0.25) is 0 Å². The molecule has 0 saturated heterocycles. The Morgan fingerprint density at radius 3 is 1.90 bits per heavy atom. The molecule has 0 bridgehead atoms. The highest BCUT2D eigenvalue weighted by molar-refractivity contribution is 5.74. The van der Waals surface area contributed by atoms with Gasteiger partial charge in [-0.3, -0.25) is 14.5 Å². The van der Waals surface area contributed by atoms with Gasteiger partial charge >= 0.3 is 11.9 Å². The van der Waals surface area contributed by atoms with Crippen LogP contribution >= 0.6 is 0 Å². The van der Waals surface area contributed by atoms with Crippen LogP contribution in [0.4, 0.5) is 0 Å². The number of hydrogen-bond acceptors (Lipinski definition) is 4. The molecule has 20 heavy (non-hydrogen) atoms. The predicted molar refractivity (Wildman–Crippen MR) is 77.8 cm³/mol. The van der Waals surface area contributed by atoms with E-state index in [9.17, 15) is 14.7 Å². The molecule has 0 amide bonds. The number of carbonyl (C=O) groups is 2. The van der Waals surface area contributed by atoms with Gasteiger partial charge in [-0.15, -0.1) is 0 Å². The van der Waals surface area contributed by atoms with Gasteiger partial charge in [-0.1, -0.05) is 20.8 Å². The van der Waals surface area contributed by atoms with E-state index in [1.165, 1.54) is 0 Å². The first-order chi connectivity index (χ1) is 9.15. The lowest BCUT2D eigenvalue weighted by molar-refractivity contribution is -0.147. The first kappa shape index (κ1) is 18.9. The van der Waals surface area contributed by atoms with Crippen LogP contribution in [-0.2, 0) is 9.59 Å². The molecule has 6 nitrogen and oxygen atoms in total. The molecule has 6 heteroatoms. The second-order valence-corrected chi connectivity index (χ2v) is 6.02. The zero-order chi connectivity index (χ0) is 15.9. The van der Waals surface area contributed by atoms with Crippen LogP contribution in [0, 0.1) is 11.8 Å². The van der Waals surface area contributed by atoms with Gasteiger partial charge in [0, 0.05) is 19.6 Å². The van der Waals surface area contributed by atoms with Crippen molar-refractivity contribution in [3.05, 3.63) is 0 Å². The van der Waals surface area contributed by atoms with Crippen LogP contribution in [0.3, 0.4) is 0 Å². The number of hydrogen-bond donors (Lipinski definition) is 2. The number of carboxylic acids is 2. The molecular formula is C14H28N2O4. The molecule has 0 fully saturated rings. The number of likely N-dealkylation sites (N-methyl/N-ethyl adjacent to an activating group) is 1. The van der Waals surface area contributed by atoms with Crippen molar-refractivity contribution in [3.63, 3.8) is 0 Å². The second-order valence-electron chi connectivity index (χ2n) is 6.02. The summed E-state index contributed by atoms with van der Waals surface area (Å²) in [6.07, 6.45) is 0.523. The quantitative estimate of drug-likeness (QED) is 0.626. The molecule has 0 radical (unpaired) electrons. The maximum absolute atomic E-state index is 11.5. The molecule has 2 atom stereocenters. The average Bonchev–Trinajstić information content (AvgIpc) is 2.30. The highest BCUT2D eigenvalue weighted by atomic mass is 16.4.